The van der Waals surface area contributed by atoms with Gasteiger partial charge < -0.3 is 10.1 Å². The molecule has 4 aromatic carbocycles. The van der Waals surface area contributed by atoms with Crippen LogP contribution < -0.4 is 10.1 Å². The molecule has 5 rings (SSSR count). The van der Waals surface area contributed by atoms with Gasteiger partial charge in [0.2, 0.25) is 5.91 Å². The Morgan fingerprint density at radius 1 is 0.980 bits per heavy atom. The minimum absolute atomic E-state index is 0.0681. The van der Waals surface area contributed by atoms with Crippen molar-refractivity contribution in [3.8, 4) is 5.75 Å². The Morgan fingerprint density at radius 2 is 1.63 bits per heavy atom. The second-order valence-corrected chi connectivity index (χ2v) is 13.7. The van der Waals surface area contributed by atoms with Gasteiger partial charge >= 0.3 is 0 Å². The molecule has 7 nitrogen and oxygen atoms in total. The van der Waals surface area contributed by atoms with E-state index in [9.17, 15) is 18.8 Å². The maximum atomic E-state index is 14.1. The molecule has 0 radical (unpaired) electrons. The van der Waals surface area contributed by atoms with Gasteiger partial charge in [-0.2, -0.15) is 4.99 Å². The predicted molar refractivity (Wildman–Crippen MR) is 208 cm³/mol. The van der Waals surface area contributed by atoms with Crippen molar-refractivity contribution >= 4 is 72.6 Å². The van der Waals surface area contributed by atoms with Crippen molar-refractivity contribution in [1.82, 2.24) is 10.2 Å². The standard InChI is InChI=1S/C40H32Br2FN3O4S/c1-3-5-19-31(4-2)46-39(49)32(21-27-22-33(41)37(34(42)23-27)50-24-26-13-12-18-30(43)20-26)38(48)45-40(46)51-25-35(47)44-36(28-14-8-6-9-15-28)29-16-10-7-11-17-29/h3-23,36H,1,24-25H2,2H3,(H,44,47)/b19-5-,31-4+,32-21+. The SMILES string of the molecule is C=C/C=C\C(=C/C)N1C(=O)/C(=C/c2cc(Br)c(OCc3cccc(F)c3)c(Br)c2)C(=O)N=C1SCC(=O)NC(c1ccccc1)c1ccccc1. The van der Waals surface area contributed by atoms with Gasteiger partial charge in [-0.05, 0) is 97.5 Å². The Morgan fingerprint density at radius 3 is 2.22 bits per heavy atom. The number of aliphatic imine (C=N–C) groups is 1. The minimum atomic E-state index is -0.743. The van der Waals surface area contributed by atoms with Crippen LogP contribution in [0.25, 0.3) is 6.08 Å². The fraction of sp³-hybridized carbons (Fsp3) is 0.100. The molecule has 0 atom stereocenters. The molecule has 0 saturated heterocycles. The number of hydrogen-bond donors (Lipinski definition) is 1. The molecular weight excluding hydrogens is 797 g/mol. The summed E-state index contributed by atoms with van der Waals surface area (Å²) in [6.07, 6.45) is 8.07. The largest absolute Gasteiger partial charge is 0.487 e. The summed E-state index contributed by atoms with van der Waals surface area (Å²) in [6, 6.07) is 28.3. The van der Waals surface area contributed by atoms with E-state index in [-0.39, 0.29) is 34.8 Å². The Labute approximate surface area is 317 Å². The molecule has 1 N–H and O–H groups in total. The lowest BCUT2D eigenvalue weighted by Gasteiger charge is -2.28. The van der Waals surface area contributed by atoms with Crippen LogP contribution in [0.15, 0.2) is 153 Å². The highest BCUT2D eigenvalue weighted by Gasteiger charge is 2.35. The van der Waals surface area contributed by atoms with Crippen LogP contribution in [0.1, 0.15) is 35.2 Å². The van der Waals surface area contributed by atoms with E-state index in [1.54, 1.807) is 55.5 Å². The van der Waals surface area contributed by atoms with E-state index in [2.05, 4.69) is 48.7 Å². The maximum Gasteiger partial charge on any atom is 0.285 e. The molecule has 0 bridgehead atoms. The molecule has 1 heterocycles. The number of amides is 3. The monoisotopic (exact) mass is 827 g/mol. The number of hydrogen-bond acceptors (Lipinski definition) is 5. The summed E-state index contributed by atoms with van der Waals surface area (Å²) in [7, 11) is 0. The number of carbonyl (C=O) groups excluding carboxylic acids is 3. The minimum Gasteiger partial charge on any atom is -0.487 e. The Bertz CT molecular complexity index is 2000. The van der Waals surface area contributed by atoms with Crippen LogP contribution in [0.2, 0.25) is 0 Å². The van der Waals surface area contributed by atoms with Gasteiger partial charge in [-0.3, -0.25) is 19.3 Å². The molecule has 3 amide bonds. The van der Waals surface area contributed by atoms with Crippen LogP contribution in [0.4, 0.5) is 4.39 Å². The lowest BCUT2D eigenvalue weighted by Crippen LogP contribution is -2.42. The summed E-state index contributed by atoms with van der Waals surface area (Å²) in [5, 5.41) is 3.16. The van der Waals surface area contributed by atoms with Gasteiger partial charge in [0.25, 0.3) is 11.8 Å². The third-order valence-corrected chi connectivity index (χ3v) is 9.63. The van der Waals surface area contributed by atoms with E-state index in [0.29, 0.717) is 31.5 Å². The van der Waals surface area contributed by atoms with E-state index < -0.39 is 17.9 Å². The molecule has 0 fully saturated rings. The van der Waals surface area contributed by atoms with Crippen LogP contribution in [0.3, 0.4) is 0 Å². The molecule has 0 spiro atoms. The highest BCUT2D eigenvalue weighted by Crippen LogP contribution is 2.37. The van der Waals surface area contributed by atoms with Crippen molar-refractivity contribution in [3.63, 3.8) is 0 Å². The van der Waals surface area contributed by atoms with Crippen molar-refractivity contribution in [2.24, 2.45) is 4.99 Å². The number of benzene rings is 4. The van der Waals surface area contributed by atoms with Gasteiger partial charge in [-0.1, -0.05) is 109 Å². The molecule has 4 aromatic rings. The number of thioether (sulfide) groups is 1. The van der Waals surface area contributed by atoms with Gasteiger partial charge in [0.15, 0.2) is 5.17 Å². The highest BCUT2D eigenvalue weighted by molar-refractivity contribution is 9.11. The zero-order chi connectivity index (χ0) is 36.3. The third kappa shape index (κ3) is 9.69. The van der Waals surface area contributed by atoms with Gasteiger partial charge in [0.05, 0.1) is 20.7 Å². The van der Waals surface area contributed by atoms with E-state index in [4.69, 9.17) is 4.74 Å². The third-order valence-electron chi connectivity index (χ3n) is 7.52. The van der Waals surface area contributed by atoms with Crippen molar-refractivity contribution in [3.05, 3.63) is 176 Å². The first-order chi connectivity index (χ1) is 24.7. The second-order valence-electron chi connectivity index (χ2n) is 11.0. The Balaban J connectivity index is 1.39. The topological polar surface area (TPSA) is 88.1 Å². The van der Waals surface area contributed by atoms with Gasteiger partial charge in [-0.15, -0.1) is 0 Å². The number of halogens is 3. The first-order valence-corrected chi connectivity index (χ1v) is 18.3. The van der Waals surface area contributed by atoms with Gasteiger partial charge in [0, 0.05) is 5.70 Å². The van der Waals surface area contributed by atoms with Gasteiger partial charge in [-0.25, -0.2) is 4.39 Å². The zero-order valence-electron chi connectivity index (χ0n) is 27.4. The molecular formula is C40H32Br2FN3O4S. The maximum absolute atomic E-state index is 14.1. The Hall–Kier alpha value is -4.84. The summed E-state index contributed by atoms with van der Waals surface area (Å²) in [6.45, 7) is 5.60. The first-order valence-electron chi connectivity index (χ1n) is 15.7. The zero-order valence-corrected chi connectivity index (χ0v) is 31.4. The number of allylic oxidation sites excluding steroid dienone is 4. The van der Waals surface area contributed by atoms with E-state index in [1.165, 1.54) is 23.1 Å². The number of carbonyl (C=O) groups is 3. The van der Waals surface area contributed by atoms with Crippen LogP contribution in [0, 0.1) is 5.82 Å². The number of nitrogens with zero attached hydrogens (tertiary/aromatic N) is 2. The van der Waals surface area contributed by atoms with E-state index in [1.807, 2.05) is 60.7 Å². The molecule has 11 heteroatoms. The van der Waals surface area contributed by atoms with Crippen LogP contribution in [-0.4, -0.2) is 33.5 Å². The van der Waals surface area contributed by atoms with Crippen molar-refractivity contribution in [1.29, 1.82) is 0 Å². The second kappa shape index (κ2) is 17.9. The number of amidine groups is 1. The quantitative estimate of drug-likeness (QED) is 0.0875. The highest BCUT2D eigenvalue weighted by atomic mass is 79.9. The summed E-state index contributed by atoms with van der Waals surface area (Å²) in [5.74, 6) is -1.66. The average Bonchev–Trinajstić information content (AvgIpc) is 3.13. The smallest absolute Gasteiger partial charge is 0.285 e. The van der Waals surface area contributed by atoms with Crippen LogP contribution >= 0.6 is 43.6 Å². The van der Waals surface area contributed by atoms with Crippen molar-refractivity contribution < 1.29 is 23.5 Å². The van der Waals surface area contributed by atoms with Crippen LogP contribution in [0.5, 0.6) is 5.75 Å². The summed E-state index contributed by atoms with van der Waals surface area (Å²) >= 11 is 8.01. The lowest BCUT2D eigenvalue weighted by molar-refractivity contribution is -0.126. The fourth-order valence-electron chi connectivity index (χ4n) is 5.14. The molecule has 258 valence electrons. The predicted octanol–water partition coefficient (Wildman–Crippen LogP) is 9.32. The fourth-order valence-corrected chi connectivity index (χ4v) is 7.40. The molecule has 0 saturated carbocycles. The molecule has 0 aromatic heterocycles. The Kier molecular flexibility index (Phi) is 13.1. The molecule has 0 aliphatic carbocycles. The lowest BCUT2D eigenvalue weighted by atomic mass is 9.99. The van der Waals surface area contributed by atoms with Gasteiger partial charge in [0.1, 0.15) is 23.7 Å². The number of nitrogens with one attached hydrogen (secondary N) is 1. The molecule has 0 unspecified atom stereocenters. The first kappa shape index (κ1) is 37.4. The summed E-state index contributed by atoms with van der Waals surface area (Å²) in [4.78, 5) is 46.6. The van der Waals surface area contributed by atoms with Crippen molar-refractivity contribution in [2.45, 2.75) is 19.6 Å². The average molecular weight is 830 g/mol. The summed E-state index contributed by atoms with van der Waals surface area (Å²) < 4.78 is 20.7. The normalized spacial score (nSPS) is 14.3. The van der Waals surface area contributed by atoms with Crippen molar-refractivity contribution in [2.75, 3.05) is 5.75 Å². The van der Waals surface area contributed by atoms with E-state index in [0.717, 1.165) is 22.9 Å². The molecule has 1 aliphatic rings. The number of ether oxygens (including phenoxy) is 1. The molecule has 1 aliphatic heterocycles. The summed E-state index contributed by atoms with van der Waals surface area (Å²) in [5.41, 5.74) is 3.27. The molecule has 51 heavy (non-hydrogen) atoms. The van der Waals surface area contributed by atoms with Crippen LogP contribution in [-0.2, 0) is 21.0 Å². The van der Waals surface area contributed by atoms with E-state index >= 15 is 0 Å². The number of rotatable bonds is 12.